The lowest BCUT2D eigenvalue weighted by Crippen LogP contribution is -2.33. The summed E-state index contributed by atoms with van der Waals surface area (Å²) in [7, 11) is 0. The van der Waals surface area contributed by atoms with Crippen LogP contribution in [-0.4, -0.2) is 9.55 Å². The first-order chi connectivity index (χ1) is 11.0. The summed E-state index contributed by atoms with van der Waals surface area (Å²) in [6.45, 7) is 4.22. The topological polar surface area (TPSA) is 54.9 Å². The van der Waals surface area contributed by atoms with E-state index >= 15 is 0 Å². The van der Waals surface area contributed by atoms with E-state index in [2.05, 4.69) is 11.9 Å². The number of H-pyrrole nitrogens is 1. The van der Waals surface area contributed by atoms with Gasteiger partial charge in [0.1, 0.15) is 4.83 Å². The number of thiophene rings is 1. The van der Waals surface area contributed by atoms with Gasteiger partial charge in [0.15, 0.2) is 0 Å². The highest BCUT2D eigenvalue weighted by Gasteiger charge is 2.23. The summed E-state index contributed by atoms with van der Waals surface area (Å²) in [6, 6.07) is 7.46. The second-order valence-corrected chi connectivity index (χ2v) is 7.57. The Morgan fingerprint density at radius 2 is 1.96 bits per heavy atom. The van der Waals surface area contributed by atoms with Gasteiger partial charge in [-0.1, -0.05) is 24.6 Å². The first kappa shape index (κ1) is 14.5. The lowest BCUT2D eigenvalue weighted by molar-refractivity contribution is 0.509. The lowest BCUT2D eigenvalue weighted by Gasteiger charge is -2.17. The fourth-order valence-corrected chi connectivity index (χ4v) is 4.74. The van der Waals surface area contributed by atoms with Gasteiger partial charge in [-0.3, -0.25) is 9.78 Å². The number of benzene rings is 1. The summed E-state index contributed by atoms with van der Waals surface area (Å²) in [5.41, 5.74) is 2.30. The molecule has 2 heterocycles. The van der Waals surface area contributed by atoms with Crippen molar-refractivity contribution in [3.63, 3.8) is 0 Å². The van der Waals surface area contributed by atoms with E-state index in [1.54, 1.807) is 11.3 Å². The van der Waals surface area contributed by atoms with Crippen molar-refractivity contribution in [2.75, 3.05) is 0 Å². The van der Waals surface area contributed by atoms with Crippen LogP contribution >= 0.6 is 11.3 Å². The number of hydrogen-bond acceptors (Lipinski definition) is 3. The van der Waals surface area contributed by atoms with Crippen LogP contribution in [0.5, 0.6) is 0 Å². The van der Waals surface area contributed by atoms with Crippen LogP contribution < -0.4 is 11.2 Å². The molecule has 1 aliphatic carbocycles. The number of aryl methyl sites for hydroxylation is 2. The maximum Gasteiger partial charge on any atom is 0.334 e. The molecule has 0 amide bonds. The molecule has 1 N–H and O–H groups in total. The maximum absolute atomic E-state index is 13.0. The highest BCUT2D eigenvalue weighted by molar-refractivity contribution is 7.18. The molecule has 0 bridgehead atoms. The first-order valence-corrected chi connectivity index (χ1v) is 8.73. The number of rotatable bonds is 1. The number of hydrogen-bond donors (Lipinski definition) is 1. The number of nitrogens with zero attached hydrogens (tertiary/aromatic N) is 1. The minimum Gasteiger partial charge on any atom is -0.298 e. The van der Waals surface area contributed by atoms with Gasteiger partial charge in [-0.25, -0.2) is 9.36 Å². The van der Waals surface area contributed by atoms with E-state index in [1.807, 2.05) is 31.2 Å². The minimum atomic E-state index is -0.363. The third-order valence-corrected chi connectivity index (χ3v) is 5.81. The Morgan fingerprint density at radius 1 is 1.22 bits per heavy atom. The number of aromatic amines is 1. The quantitative estimate of drug-likeness (QED) is 0.747. The van der Waals surface area contributed by atoms with E-state index in [9.17, 15) is 9.59 Å². The van der Waals surface area contributed by atoms with Crippen LogP contribution in [0.3, 0.4) is 0 Å². The van der Waals surface area contributed by atoms with Crippen LogP contribution in [0.25, 0.3) is 15.9 Å². The van der Waals surface area contributed by atoms with E-state index in [4.69, 9.17) is 0 Å². The van der Waals surface area contributed by atoms with Crippen molar-refractivity contribution in [2.24, 2.45) is 5.92 Å². The molecular formula is C18H18N2O2S. The van der Waals surface area contributed by atoms with Crippen molar-refractivity contribution >= 4 is 21.6 Å². The van der Waals surface area contributed by atoms with Gasteiger partial charge in [-0.05, 0) is 49.8 Å². The molecule has 0 fully saturated rings. The minimum absolute atomic E-state index is 0.195. The molecule has 1 atom stereocenters. The number of fused-ring (bicyclic) bond motifs is 3. The van der Waals surface area contributed by atoms with Crippen LogP contribution in [0.1, 0.15) is 29.3 Å². The zero-order valence-corrected chi connectivity index (χ0v) is 14.0. The SMILES string of the molecule is Cc1ccc(-n2c(=O)[nH]c3sc4c(c3c2=O)CCC(C)C4)cc1. The van der Waals surface area contributed by atoms with Gasteiger partial charge in [0.05, 0.1) is 11.1 Å². The molecule has 0 saturated carbocycles. The molecule has 23 heavy (non-hydrogen) atoms. The zero-order chi connectivity index (χ0) is 16.1. The zero-order valence-electron chi connectivity index (χ0n) is 13.2. The van der Waals surface area contributed by atoms with Crippen LogP contribution in [0.15, 0.2) is 33.9 Å². The molecule has 0 radical (unpaired) electrons. The van der Waals surface area contributed by atoms with Crippen LogP contribution in [0, 0.1) is 12.8 Å². The molecule has 118 valence electrons. The maximum atomic E-state index is 13.0. The van der Waals surface area contributed by atoms with Gasteiger partial charge >= 0.3 is 5.69 Å². The fourth-order valence-electron chi connectivity index (χ4n) is 3.35. The van der Waals surface area contributed by atoms with E-state index in [0.29, 0.717) is 17.0 Å². The Balaban J connectivity index is 2.02. The average Bonchev–Trinajstić information content (AvgIpc) is 2.86. The van der Waals surface area contributed by atoms with Crippen molar-refractivity contribution in [2.45, 2.75) is 33.1 Å². The molecular weight excluding hydrogens is 308 g/mol. The number of nitrogens with one attached hydrogen (secondary N) is 1. The molecule has 1 unspecified atom stereocenters. The van der Waals surface area contributed by atoms with Crippen molar-refractivity contribution in [3.8, 4) is 5.69 Å². The van der Waals surface area contributed by atoms with Gasteiger partial charge in [-0.15, -0.1) is 11.3 Å². The molecule has 0 aliphatic heterocycles. The van der Waals surface area contributed by atoms with Crippen molar-refractivity contribution in [1.82, 2.24) is 9.55 Å². The monoisotopic (exact) mass is 326 g/mol. The summed E-state index contributed by atoms with van der Waals surface area (Å²) in [4.78, 5) is 30.3. The average molecular weight is 326 g/mol. The van der Waals surface area contributed by atoms with Crippen molar-refractivity contribution < 1.29 is 0 Å². The summed E-state index contributed by atoms with van der Waals surface area (Å²) < 4.78 is 1.26. The van der Waals surface area contributed by atoms with Gasteiger partial charge in [-0.2, -0.15) is 0 Å². The van der Waals surface area contributed by atoms with E-state index in [-0.39, 0.29) is 11.2 Å². The predicted octanol–water partition coefficient (Wildman–Crippen LogP) is 3.17. The summed E-state index contributed by atoms with van der Waals surface area (Å²) in [6.07, 6.45) is 3.02. The van der Waals surface area contributed by atoms with E-state index in [0.717, 1.165) is 35.2 Å². The molecule has 3 aromatic rings. The summed E-state index contributed by atoms with van der Waals surface area (Å²) in [5, 5.41) is 0.706. The molecule has 5 heteroatoms. The molecule has 1 aliphatic rings. The highest BCUT2D eigenvalue weighted by atomic mass is 32.1. The predicted molar refractivity (Wildman–Crippen MR) is 94.0 cm³/mol. The second-order valence-electron chi connectivity index (χ2n) is 6.46. The normalized spacial score (nSPS) is 17.4. The first-order valence-electron chi connectivity index (χ1n) is 7.91. The number of aromatic nitrogens is 2. The Labute approximate surface area is 137 Å². The van der Waals surface area contributed by atoms with Gasteiger partial charge < -0.3 is 0 Å². The molecule has 0 spiro atoms. The second kappa shape index (κ2) is 5.20. The molecule has 4 rings (SSSR count). The molecule has 2 aromatic heterocycles. The standard InChI is InChI=1S/C18H18N2O2S/c1-10-3-6-12(7-4-10)20-17(21)15-13-8-5-11(2)9-14(13)23-16(15)19-18(20)22/h3-4,6-7,11H,5,8-9H2,1-2H3,(H,19,22). The van der Waals surface area contributed by atoms with Gasteiger partial charge in [0.2, 0.25) is 0 Å². The van der Waals surface area contributed by atoms with E-state index in [1.165, 1.54) is 9.44 Å². The van der Waals surface area contributed by atoms with Gasteiger partial charge in [0, 0.05) is 4.88 Å². The Morgan fingerprint density at radius 3 is 2.70 bits per heavy atom. The van der Waals surface area contributed by atoms with Crippen LogP contribution in [0.4, 0.5) is 0 Å². The Bertz CT molecular complexity index is 1010. The molecule has 1 aromatic carbocycles. The Hall–Kier alpha value is -2.14. The summed E-state index contributed by atoms with van der Waals surface area (Å²) >= 11 is 1.57. The van der Waals surface area contributed by atoms with Crippen LogP contribution in [-0.2, 0) is 12.8 Å². The van der Waals surface area contributed by atoms with Gasteiger partial charge in [0.25, 0.3) is 5.56 Å². The largest absolute Gasteiger partial charge is 0.334 e. The lowest BCUT2D eigenvalue weighted by atomic mass is 9.89. The third kappa shape index (κ3) is 2.27. The molecule has 4 nitrogen and oxygen atoms in total. The highest BCUT2D eigenvalue weighted by Crippen LogP contribution is 2.35. The third-order valence-electron chi connectivity index (χ3n) is 4.64. The van der Waals surface area contributed by atoms with Crippen molar-refractivity contribution in [1.29, 1.82) is 0 Å². The fraction of sp³-hybridized carbons (Fsp3) is 0.333. The van der Waals surface area contributed by atoms with E-state index < -0.39 is 0 Å². The smallest absolute Gasteiger partial charge is 0.298 e. The van der Waals surface area contributed by atoms with Crippen molar-refractivity contribution in [3.05, 3.63) is 61.1 Å². The Kier molecular flexibility index (Phi) is 3.27. The van der Waals surface area contributed by atoms with Crippen LogP contribution in [0.2, 0.25) is 0 Å². The molecule has 0 saturated heterocycles. The summed E-state index contributed by atoms with van der Waals surface area (Å²) in [5.74, 6) is 0.640.